The fourth-order valence-corrected chi connectivity index (χ4v) is 5.07. The van der Waals surface area contributed by atoms with E-state index in [1.807, 2.05) is 39.0 Å². The molecule has 6 nitrogen and oxygen atoms in total. The smallest absolute Gasteiger partial charge is 0.282 e. The average Bonchev–Trinajstić information content (AvgIpc) is 2.70. The van der Waals surface area contributed by atoms with Crippen LogP contribution in [0.5, 0.6) is 0 Å². The van der Waals surface area contributed by atoms with Crippen LogP contribution in [0.4, 0.5) is 10.1 Å². The lowest BCUT2D eigenvalue weighted by molar-refractivity contribution is -0.917. The van der Waals surface area contributed by atoms with Crippen LogP contribution in [0.15, 0.2) is 47.4 Å². The number of anilines is 1. The van der Waals surface area contributed by atoms with E-state index in [9.17, 15) is 17.6 Å². The van der Waals surface area contributed by atoms with Gasteiger partial charge in [-0.25, -0.2) is 12.8 Å². The Balaban J connectivity index is 1.62. The van der Waals surface area contributed by atoms with Crippen molar-refractivity contribution in [2.24, 2.45) is 0 Å². The van der Waals surface area contributed by atoms with E-state index in [0.29, 0.717) is 26.2 Å². The highest BCUT2D eigenvalue weighted by Crippen LogP contribution is 2.19. The summed E-state index contributed by atoms with van der Waals surface area (Å²) < 4.78 is 40.0. The molecular weight excluding hydrogens is 393 g/mol. The molecule has 2 aromatic rings. The molecule has 1 atom stereocenters. The standard InChI is InChI=1S/C21H26FN3O3S/c1-15-5-4-6-16(2)20(15)23-21(26)17(3)24-11-13-25(14-12-24)29(27,28)19-9-7-18(22)8-10-19/h4-10,17H,11-14H2,1-3H3,(H,23,26)/p+1/t17-/m1/s1. The number of carbonyl (C=O) groups is 1. The fraction of sp³-hybridized carbons (Fsp3) is 0.381. The van der Waals surface area contributed by atoms with Crippen molar-refractivity contribution in [3.8, 4) is 0 Å². The molecule has 1 amide bonds. The van der Waals surface area contributed by atoms with E-state index in [0.717, 1.165) is 33.8 Å². The molecule has 0 bridgehead atoms. The summed E-state index contributed by atoms with van der Waals surface area (Å²) in [5, 5.41) is 3.02. The predicted octanol–water partition coefficient (Wildman–Crippen LogP) is 1.36. The molecule has 1 fully saturated rings. The molecule has 1 saturated heterocycles. The summed E-state index contributed by atoms with van der Waals surface area (Å²) in [5.74, 6) is -0.547. The molecule has 2 aromatic carbocycles. The normalized spacial score (nSPS) is 17.1. The number of amides is 1. The third-order valence-corrected chi connectivity index (χ3v) is 7.46. The summed E-state index contributed by atoms with van der Waals surface area (Å²) in [5.41, 5.74) is 2.85. The predicted molar refractivity (Wildman–Crippen MR) is 110 cm³/mol. The number of nitrogens with zero attached hydrogens (tertiary/aromatic N) is 1. The minimum Gasteiger partial charge on any atom is -0.323 e. The average molecular weight is 421 g/mol. The number of rotatable bonds is 5. The summed E-state index contributed by atoms with van der Waals surface area (Å²) in [4.78, 5) is 13.9. The molecule has 1 aliphatic heterocycles. The van der Waals surface area contributed by atoms with Gasteiger partial charge in [-0.3, -0.25) is 4.79 Å². The van der Waals surface area contributed by atoms with Crippen molar-refractivity contribution < 1.29 is 22.5 Å². The van der Waals surface area contributed by atoms with Gasteiger partial charge in [0.1, 0.15) is 5.82 Å². The number of carbonyl (C=O) groups excluding carboxylic acids is 1. The van der Waals surface area contributed by atoms with Crippen LogP contribution in [-0.4, -0.2) is 50.9 Å². The van der Waals surface area contributed by atoms with E-state index < -0.39 is 15.8 Å². The van der Waals surface area contributed by atoms with Gasteiger partial charge in [0.2, 0.25) is 10.0 Å². The fourth-order valence-electron chi connectivity index (χ4n) is 3.63. The second kappa shape index (κ2) is 8.61. The first-order chi connectivity index (χ1) is 13.7. The zero-order chi connectivity index (χ0) is 21.2. The Morgan fingerprint density at radius 3 is 2.17 bits per heavy atom. The van der Waals surface area contributed by atoms with Gasteiger partial charge in [-0.05, 0) is 56.2 Å². The van der Waals surface area contributed by atoms with Crippen LogP contribution in [0.2, 0.25) is 0 Å². The van der Waals surface area contributed by atoms with E-state index in [1.54, 1.807) is 0 Å². The number of hydrogen-bond donors (Lipinski definition) is 2. The quantitative estimate of drug-likeness (QED) is 0.767. The van der Waals surface area contributed by atoms with Crippen LogP contribution in [0.3, 0.4) is 0 Å². The molecule has 156 valence electrons. The monoisotopic (exact) mass is 420 g/mol. The lowest BCUT2D eigenvalue weighted by atomic mass is 10.1. The molecule has 0 aliphatic carbocycles. The van der Waals surface area contributed by atoms with Gasteiger partial charge in [-0.15, -0.1) is 0 Å². The van der Waals surface area contributed by atoms with Gasteiger partial charge in [-0.1, -0.05) is 18.2 Å². The number of nitrogens with one attached hydrogen (secondary N) is 2. The van der Waals surface area contributed by atoms with Gasteiger partial charge in [-0.2, -0.15) is 4.31 Å². The highest BCUT2D eigenvalue weighted by molar-refractivity contribution is 7.89. The molecule has 0 unspecified atom stereocenters. The molecule has 8 heteroatoms. The minimum atomic E-state index is -3.66. The van der Waals surface area contributed by atoms with Gasteiger partial charge < -0.3 is 10.2 Å². The molecular formula is C21H27FN3O3S+. The zero-order valence-corrected chi connectivity index (χ0v) is 17.7. The van der Waals surface area contributed by atoms with Crippen molar-refractivity contribution in [3.63, 3.8) is 0 Å². The number of piperazine rings is 1. The first kappa shape index (κ1) is 21.4. The van der Waals surface area contributed by atoms with E-state index in [4.69, 9.17) is 0 Å². The Morgan fingerprint density at radius 2 is 1.62 bits per heavy atom. The third-order valence-electron chi connectivity index (χ3n) is 5.55. The van der Waals surface area contributed by atoms with Crippen molar-refractivity contribution in [3.05, 3.63) is 59.4 Å². The number of aryl methyl sites for hydroxylation is 2. The Bertz CT molecular complexity index is 964. The van der Waals surface area contributed by atoms with Crippen molar-refractivity contribution in [2.75, 3.05) is 31.5 Å². The second-order valence-corrected chi connectivity index (χ2v) is 9.43. The summed E-state index contributed by atoms with van der Waals surface area (Å²) in [7, 11) is -3.66. The maximum absolute atomic E-state index is 13.1. The van der Waals surface area contributed by atoms with E-state index >= 15 is 0 Å². The van der Waals surface area contributed by atoms with Crippen LogP contribution in [-0.2, 0) is 14.8 Å². The summed E-state index contributed by atoms with van der Waals surface area (Å²) in [6.07, 6.45) is 0. The van der Waals surface area contributed by atoms with Gasteiger partial charge in [0.05, 0.1) is 31.1 Å². The molecule has 0 spiro atoms. The SMILES string of the molecule is Cc1cccc(C)c1NC(=O)[C@@H](C)[NH+]1CCN(S(=O)(=O)c2ccc(F)cc2)CC1. The van der Waals surface area contributed by atoms with Crippen LogP contribution in [0.25, 0.3) is 0 Å². The van der Waals surface area contributed by atoms with E-state index in [-0.39, 0.29) is 16.8 Å². The van der Waals surface area contributed by atoms with Crippen LogP contribution >= 0.6 is 0 Å². The lowest BCUT2D eigenvalue weighted by Gasteiger charge is -2.34. The molecule has 3 rings (SSSR count). The van der Waals surface area contributed by atoms with Gasteiger partial charge in [0, 0.05) is 5.69 Å². The van der Waals surface area contributed by atoms with Crippen molar-refractivity contribution in [1.29, 1.82) is 0 Å². The third kappa shape index (κ3) is 4.66. The largest absolute Gasteiger partial charge is 0.323 e. The van der Waals surface area contributed by atoms with Crippen LogP contribution in [0, 0.1) is 19.7 Å². The first-order valence-corrected chi connectivity index (χ1v) is 11.1. The number of quaternary nitrogens is 1. The molecule has 0 saturated carbocycles. The molecule has 0 aromatic heterocycles. The molecule has 0 radical (unpaired) electrons. The zero-order valence-electron chi connectivity index (χ0n) is 16.9. The van der Waals surface area contributed by atoms with E-state index in [1.165, 1.54) is 16.4 Å². The maximum Gasteiger partial charge on any atom is 0.282 e. The summed E-state index contributed by atoms with van der Waals surface area (Å²) in [6, 6.07) is 10.4. The lowest BCUT2D eigenvalue weighted by Crippen LogP contribution is -3.19. The van der Waals surface area contributed by atoms with Crippen molar-refractivity contribution >= 4 is 21.6 Å². The van der Waals surface area contributed by atoms with Crippen molar-refractivity contribution in [1.82, 2.24) is 4.31 Å². The highest BCUT2D eigenvalue weighted by Gasteiger charge is 2.34. The molecule has 1 aliphatic rings. The van der Waals surface area contributed by atoms with Crippen molar-refractivity contribution in [2.45, 2.75) is 31.7 Å². The Morgan fingerprint density at radius 1 is 1.07 bits per heavy atom. The minimum absolute atomic E-state index is 0.0766. The first-order valence-electron chi connectivity index (χ1n) is 9.67. The molecule has 2 N–H and O–H groups in total. The van der Waals surface area contributed by atoms with E-state index in [2.05, 4.69) is 5.32 Å². The second-order valence-electron chi connectivity index (χ2n) is 7.49. The molecule has 1 heterocycles. The van der Waals surface area contributed by atoms with Gasteiger partial charge in [0.25, 0.3) is 5.91 Å². The Labute approximate surface area is 171 Å². The topological polar surface area (TPSA) is 70.9 Å². The Kier molecular flexibility index (Phi) is 6.36. The Hall–Kier alpha value is -2.29. The van der Waals surface area contributed by atoms with Crippen LogP contribution in [0.1, 0.15) is 18.1 Å². The summed E-state index contributed by atoms with van der Waals surface area (Å²) in [6.45, 7) is 7.47. The molecule has 29 heavy (non-hydrogen) atoms. The number of sulfonamides is 1. The number of hydrogen-bond acceptors (Lipinski definition) is 3. The number of benzene rings is 2. The summed E-state index contributed by atoms with van der Waals surface area (Å²) >= 11 is 0. The highest BCUT2D eigenvalue weighted by atomic mass is 32.2. The van der Waals surface area contributed by atoms with Crippen LogP contribution < -0.4 is 10.2 Å². The number of para-hydroxylation sites is 1. The van der Waals surface area contributed by atoms with Gasteiger partial charge in [0.15, 0.2) is 6.04 Å². The maximum atomic E-state index is 13.1. The van der Waals surface area contributed by atoms with Gasteiger partial charge >= 0.3 is 0 Å². The number of halogens is 1.